The topological polar surface area (TPSA) is 29.1 Å². The van der Waals surface area contributed by atoms with Crippen LogP contribution in [0.25, 0.3) is 0 Å². The molecule has 0 saturated heterocycles. The van der Waals surface area contributed by atoms with E-state index in [-0.39, 0.29) is 17.8 Å². The number of benzene rings is 1. The summed E-state index contributed by atoms with van der Waals surface area (Å²) in [6.07, 6.45) is 5.15. The average Bonchev–Trinajstić information content (AvgIpc) is 3.19. The first-order chi connectivity index (χ1) is 8.70. The molecule has 2 rings (SSSR count). The van der Waals surface area contributed by atoms with E-state index < -0.39 is 0 Å². The summed E-state index contributed by atoms with van der Waals surface area (Å²) in [6, 6.07) is 6.43. The van der Waals surface area contributed by atoms with Gasteiger partial charge in [0.05, 0.1) is 6.04 Å². The lowest BCUT2D eigenvalue weighted by Gasteiger charge is -2.18. The molecule has 0 aliphatic heterocycles. The molecule has 2 nitrogen and oxygen atoms in total. The van der Waals surface area contributed by atoms with Crippen LogP contribution < -0.4 is 5.32 Å². The van der Waals surface area contributed by atoms with Gasteiger partial charge in [-0.05, 0) is 42.9 Å². The van der Waals surface area contributed by atoms with Crippen molar-refractivity contribution < 1.29 is 9.18 Å². The van der Waals surface area contributed by atoms with Crippen LogP contribution in [0.15, 0.2) is 36.9 Å². The van der Waals surface area contributed by atoms with Gasteiger partial charge in [-0.25, -0.2) is 4.39 Å². The Balaban J connectivity index is 2.02. The van der Waals surface area contributed by atoms with Crippen molar-refractivity contribution in [2.45, 2.75) is 31.7 Å². The van der Waals surface area contributed by atoms with Gasteiger partial charge in [-0.3, -0.25) is 4.79 Å². The van der Waals surface area contributed by atoms with E-state index in [1.807, 2.05) is 0 Å². The van der Waals surface area contributed by atoms with Gasteiger partial charge in [-0.2, -0.15) is 0 Å². The summed E-state index contributed by atoms with van der Waals surface area (Å²) in [5.41, 5.74) is 0.992. The highest BCUT2D eigenvalue weighted by Crippen LogP contribution is 2.41. The summed E-state index contributed by atoms with van der Waals surface area (Å²) in [6.45, 7) is 3.61. The smallest absolute Gasteiger partial charge is 0.220 e. The molecule has 1 N–H and O–H groups in total. The van der Waals surface area contributed by atoms with E-state index in [4.69, 9.17) is 0 Å². The molecule has 1 saturated carbocycles. The fraction of sp³-hybridized carbons (Fsp3) is 0.400. The van der Waals surface area contributed by atoms with Gasteiger partial charge >= 0.3 is 0 Å². The summed E-state index contributed by atoms with van der Waals surface area (Å²) < 4.78 is 12.9. The van der Waals surface area contributed by atoms with Gasteiger partial charge in [0.15, 0.2) is 0 Å². The second kappa shape index (κ2) is 5.80. The number of amides is 1. The van der Waals surface area contributed by atoms with Crippen LogP contribution in [0, 0.1) is 11.7 Å². The van der Waals surface area contributed by atoms with Gasteiger partial charge in [0.2, 0.25) is 5.91 Å². The molecule has 0 aromatic heterocycles. The summed E-state index contributed by atoms with van der Waals surface area (Å²) in [5.74, 6) is 0.297. The van der Waals surface area contributed by atoms with Crippen molar-refractivity contribution in [3.63, 3.8) is 0 Å². The third kappa shape index (κ3) is 3.42. The minimum atomic E-state index is -0.244. The molecule has 1 aromatic carbocycles. The third-order valence-electron chi connectivity index (χ3n) is 3.21. The Labute approximate surface area is 107 Å². The van der Waals surface area contributed by atoms with Crippen molar-refractivity contribution in [2.75, 3.05) is 0 Å². The molecule has 1 amide bonds. The van der Waals surface area contributed by atoms with Gasteiger partial charge in [0.1, 0.15) is 5.82 Å². The highest BCUT2D eigenvalue weighted by molar-refractivity contribution is 5.76. The molecule has 18 heavy (non-hydrogen) atoms. The number of carbonyl (C=O) groups excluding carboxylic acids is 1. The van der Waals surface area contributed by atoms with Crippen LogP contribution in [-0.2, 0) is 4.79 Å². The number of hydrogen-bond acceptors (Lipinski definition) is 1. The lowest BCUT2D eigenvalue weighted by atomic mass is 10.0. The predicted molar refractivity (Wildman–Crippen MR) is 69.4 cm³/mol. The molecule has 3 heteroatoms. The molecule has 1 atom stereocenters. The maximum absolute atomic E-state index is 12.9. The van der Waals surface area contributed by atoms with Crippen LogP contribution in [0.3, 0.4) is 0 Å². The Morgan fingerprint density at radius 3 is 2.67 bits per heavy atom. The third-order valence-corrected chi connectivity index (χ3v) is 3.21. The van der Waals surface area contributed by atoms with Gasteiger partial charge in [0.25, 0.3) is 0 Å². The zero-order chi connectivity index (χ0) is 13.0. The van der Waals surface area contributed by atoms with Crippen molar-refractivity contribution in [1.82, 2.24) is 5.32 Å². The molecule has 0 radical (unpaired) electrons. The van der Waals surface area contributed by atoms with Crippen LogP contribution >= 0.6 is 0 Å². The Hall–Kier alpha value is -1.64. The van der Waals surface area contributed by atoms with Crippen LogP contribution in [0.4, 0.5) is 4.39 Å². The number of rotatable bonds is 6. The Morgan fingerprint density at radius 2 is 2.11 bits per heavy atom. The summed E-state index contributed by atoms with van der Waals surface area (Å²) in [5, 5.41) is 3.04. The van der Waals surface area contributed by atoms with Gasteiger partial charge < -0.3 is 5.32 Å². The molecular weight excluding hydrogens is 229 g/mol. The maximum Gasteiger partial charge on any atom is 0.220 e. The Morgan fingerprint density at radius 1 is 1.44 bits per heavy atom. The minimum absolute atomic E-state index is 0.0305. The summed E-state index contributed by atoms with van der Waals surface area (Å²) in [4.78, 5) is 11.8. The number of hydrogen-bond donors (Lipinski definition) is 1. The summed E-state index contributed by atoms with van der Waals surface area (Å²) >= 11 is 0. The highest BCUT2D eigenvalue weighted by atomic mass is 19.1. The van der Waals surface area contributed by atoms with Gasteiger partial charge in [-0.1, -0.05) is 18.2 Å². The minimum Gasteiger partial charge on any atom is -0.349 e. The zero-order valence-corrected chi connectivity index (χ0v) is 10.4. The van der Waals surface area contributed by atoms with Crippen molar-refractivity contribution >= 4 is 5.91 Å². The van der Waals surface area contributed by atoms with E-state index in [0.717, 1.165) is 18.4 Å². The number of carbonyl (C=O) groups is 1. The second-order valence-electron chi connectivity index (χ2n) is 4.76. The van der Waals surface area contributed by atoms with Crippen molar-refractivity contribution in [3.05, 3.63) is 48.3 Å². The monoisotopic (exact) mass is 247 g/mol. The number of allylic oxidation sites excluding steroid dienone is 1. The molecule has 0 bridgehead atoms. The zero-order valence-electron chi connectivity index (χ0n) is 10.4. The van der Waals surface area contributed by atoms with E-state index in [2.05, 4.69) is 11.9 Å². The lowest BCUT2D eigenvalue weighted by Crippen LogP contribution is -2.29. The fourth-order valence-electron chi connectivity index (χ4n) is 2.05. The predicted octanol–water partition coefficient (Wildman–Crippen LogP) is 3.36. The Bertz CT molecular complexity index is 423. The first-order valence-corrected chi connectivity index (χ1v) is 6.36. The van der Waals surface area contributed by atoms with E-state index >= 15 is 0 Å². The van der Waals surface area contributed by atoms with Crippen LogP contribution in [-0.4, -0.2) is 5.91 Å². The van der Waals surface area contributed by atoms with E-state index in [0.29, 0.717) is 18.8 Å². The molecule has 96 valence electrons. The molecule has 1 aromatic rings. The van der Waals surface area contributed by atoms with Crippen LogP contribution in [0.5, 0.6) is 0 Å². The largest absolute Gasteiger partial charge is 0.349 e. The SMILES string of the molecule is C=CCCC(=O)NC(c1ccc(F)cc1)C1CC1. The summed E-state index contributed by atoms with van der Waals surface area (Å²) in [7, 11) is 0. The highest BCUT2D eigenvalue weighted by Gasteiger charge is 2.33. The molecule has 1 aliphatic rings. The molecule has 0 heterocycles. The molecule has 1 aliphatic carbocycles. The van der Waals surface area contributed by atoms with E-state index in [9.17, 15) is 9.18 Å². The van der Waals surface area contributed by atoms with Crippen molar-refractivity contribution in [2.24, 2.45) is 5.92 Å². The number of halogens is 1. The Kier molecular flexibility index (Phi) is 4.13. The molecule has 1 unspecified atom stereocenters. The first kappa shape index (κ1) is 12.8. The quantitative estimate of drug-likeness (QED) is 0.767. The molecule has 0 spiro atoms. The number of nitrogens with one attached hydrogen (secondary N) is 1. The standard InChI is InChI=1S/C15H18FNO/c1-2-3-4-14(18)17-15(11-5-6-11)12-7-9-13(16)10-8-12/h2,7-11,15H,1,3-6H2,(H,17,18). The maximum atomic E-state index is 12.9. The van der Waals surface area contributed by atoms with E-state index in [1.54, 1.807) is 18.2 Å². The van der Waals surface area contributed by atoms with Crippen molar-refractivity contribution in [3.8, 4) is 0 Å². The van der Waals surface area contributed by atoms with Gasteiger partial charge in [-0.15, -0.1) is 6.58 Å². The second-order valence-corrected chi connectivity index (χ2v) is 4.76. The van der Waals surface area contributed by atoms with Crippen LogP contribution in [0.2, 0.25) is 0 Å². The average molecular weight is 247 g/mol. The molecule has 1 fully saturated rings. The van der Waals surface area contributed by atoms with Gasteiger partial charge in [0, 0.05) is 6.42 Å². The van der Waals surface area contributed by atoms with E-state index in [1.165, 1.54) is 12.1 Å². The normalized spacial score (nSPS) is 16.1. The fourth-order valence-corrected chi connectivity index (χ4v) is 2.05. The van der Waals surface area contributed by atoms with Crippen molar-refractivity contribution in [1.29, 1.82) is 0 Å². The first-order valence-electron chi connectivity index (χ1n) is 6.36. The van der Waals surface area contributed by atoms with Crippen LogP contribution in [0.1, 0.15) is 37.3 Å². The molecular formula is C15H18FNO. The lowest BCUT2D eigenvalue weighted by molar-refractivity contribution is -0.121.